The Labute approximate surface area is 113 Å². The van der Waals surface area contributed by atoms with Crippen molar-refractivity contribution in [3.05, 3.63) is 46.2 Å². The predicted molar refractivity (Wildman–Crippen MR) is 69.0 cm³/mol. The molecule has 2 aromatic heterocycles. The maximum Gasteiger partial charge on any atom is 0.275 e. The quantitative estimate of drug-likeness (QED) is 0.860. The molecule has 0 aliphatic rings. The summed E-state index contributed by atoms with van der Waals surface area (Å²) in [6.45, 7) is 1.77. The molecule has 0 saturated carbocycles. The Hall–Kier alpha value is -1.72. The smallest absolute Gasteiger partial charge is 0.275 e. The molecule has 18 heavy (non-hydrogen) atoms. The molecule has 2 heterocycles. The van der Waals surface area contributed by atoms with Gasteiger partial charge >= 0.3 is 0 Å². The lowest BCUT2D eigenvalue weighted by atomic mass is 10.2. The second-order valence-corrected chi connectivity index (χ2v) is 4.22. The number of halogens is 2. The summed E-state index contributed by atoms with van der Waals surface area (Å²) in [5.74, 6) is -0.405. The van der Waals surface area contributed by atoms with E-state index >= 15 is 0 Å². The molecule has 0 aromatic carbocycles. The van der Waals surface area contributed by atoms with E-state index in [2.05, 4.69) is 20.3 Å². The summed E-state index contributed by atoms with van der Waals surface area (Å²) in [5, 5.41) is 3.04. The number of aromatic nitrogens is 3. The Morgan fingerprint density at radius 3 is 2.72 bits per heavy atom. The van der Waals surface area contributed by atoms with Crippen molar-refractivity contribution in [2.24, 2.45) is 0 Å². The number of anilines is 1. The van der Waals surface area contributed by atoms with Crippen molar-refractivity contribution in [2.45, 2.75) is 6.92 Å². The number of pyridine rings is 1. The average Bonchev–Trinajstić information content (AvgIpc) is 2.34. The fourth-order valence-electron chi connectivity index (χ4n) is 1.34. The molecule has 92 valence electrons. The molecule has 1 amide bonds. The summed E-state index contributed by atoms with van der Waals surface area (Å²) >= 11 is 11.7. The first-order valence-corrected chi connectivity index (χ1v) is 5.73. The van der Waals surface area contributed by atoms with Gasteiger partial charge in [0.1, 0.15) is 10.8 Å². The predicted octanol–water partition coefficient (Wildman–Crippen LogP) is 2.74. The molecule has 0 aliphatic heterocycles. The largest absolute Gasteiger partial charge is 0.318 e. The number of nitrogens with zero attached hydrogens (tertiary/aromatic N) is 3. The van der Waals surface area contributed by atoms with Gasteiger partial charge in [0.2, 0.25) is 0 Å². The monoisotopic (exact) mass is 282 g/mol. The van der Waals surface area contributed by atoms with Crippen molar-refractivity contribution in [1.29, 1.82) is 0 Å². The highest BCUT2D eigenvalue weighted by molar-refractivity contribution is 6.35. The molecule has 0 fully saturated rings. The number of nitrogens with one attached hydrogen (secondary N) is 1. The highest BCUT2D eigenvalue weighted by Gasteiger charge is 2.13. The van der Waals surface area contributed by atoms with Gasteiger partial charge in [-0.1, -0.05) is 23.2 Å². The molecule has 0 aliphatic carbocycles. The van der Waals surface area contributed by atoms with Gasteiger partial charge in [-0.15, -0.1) is 0 Å². The fraction of sp³-hybridized carbons (Fsp3) is 0.0909. The third-order valence-corrected chi connectivity index (χ3v) is 2.64. The molecule has 5 nitrogen and oxygen atoms in total. The van der Waals surface area contributed by atoms with Gasteiger partial charge in [-0.05, 0) is 18.6 Å². The van der Waals surface area contributed by atoms with Gasteiger partial charge in [-0.2, -0.15) is 0 Å². The van der Waals surface area contributed by atoms with E-state index < -0.39 is 5.91 Å². The van der Waals surface area contributed by atoms with E-state index in [1.807, 2.05) is 0 Å². The van der Waals surface area contributed by atoms with Gasteiger partial charge in [0.15, 0.2) is 5.15 Å². The summed E-state index contributed by atoms with van der Waals surface area (Å²) < 4.78 is 0. The van der Waals surface area contributed by atoms with E-state index in [-0.39, 0.29) is 16.0 Å². The minimum Gasteiger partial charge on any atom is -0.318 e. The van der Waals surface area contributed by atoms with Crippen LogP contribution in [0.5, 0.6) is 0 Å². The molecule has 0 bridgehead atoms. The van der Waals surface area contributed by atoms with E-state index in [1.165, 1.54) is 18.6 Å². The van der Waals surface area contributed by atoms with Crippen LogP contribution >= 0.6 is 23.2 Å². The molecule has 0 atom stereocenters. The van der Waals surface area contributed by atoms with Gasteiger partial charge in [-0.3, -0.25) is 9.78 Å². The maximum absolute atomic E-state index is 11.9. The molecule has 2 aromatic rings. The van der Waals surface area contributed by atoms with E-state index in [1.54, 1.807) is 13.0 Å². The molecule has 2 rings (SSSR count). The Morgan fingerprint density at radius 1 is 1.33 bits per heavy atom. The van der Waals surface area contributed by atoms with Crippen molar-refractivity contribution in [3.8, 4) is 0 Å². The molecular weight excluding hydrogens is 275 g/mol. The van der Waals surface area contributed by atoms with Gasteiger partial charge in [-0.25, -0.2) is 9.97 Å². The molecule has 0 radical (unpaired) electrons. The normalized spacial score (nSPS) is 10.2. The Kier molecular flexibility index (Phi) is 3.74. The molecule has 7 heteroatoms. The zero-order valence-corrected chi connectivity index (χ0v) is 10.8. The first-order valence-electron chi connectivity index (χ1n) is 4.98. The minimum atomic E-state index is -0.405. The lowest BCUT2D eigenvalue weighted by Gasteiger charge is -2.09. The second kappa shape index (κ2) is 5.29. The zero-order chi connectivity index (χ0) is 13.1. The number of hydrogen-bond donors (Lipinski definition) is 1. The second-order valence-electron chi connectivity index (χ2n) is 3.47. The van der Waals surface area contributed by atoms with Crippen molar-refractivity contribution in [1.82, 2.24) is 15.0 Å². The van der Waals surface area contributed by atoms with Crippen LogP contribution in [0.3, 0.4) is 0 Å². The molecule has 0 spiro atoms. The average molecular weight is 283 g/mol. The van der Waals surface area contributed by atoms with Crippen molar-refractivity contribution < 1.29 is 4.79 Å². The summed E-state index contributed by atoms with van der Waals surface area (Å²) in [4.78, 5) is 23.4. The van der Waals surface area contributed by atoms with Crippen molar-refractivity contribution in [3.63, 3.8) is 0 Å². The first-order chi connectivity index (χ1) is 8.58. The first kappa shape index (κ1) is 12.7. The summed E-state index contributed by atoms with van der Waals surface area (Å²) in [6.07, 6.45) is 4.28. The van der Waals surface area contributed by atoms with Crippen LogP contribution in [0.2, 0.25) is 10.3 Å². The highest BCUT2D eigenvalue weighted by Crippen LogP contribution is 2.26. The third-order valence-electron chi connectivity index (χ3n) is 2.18. The number of aryl methyl sites for hydroxylation is 1. The van der Waals surface area contributed by atoms with Crippen LogP contribution in [0.4, 0.5) is 5.69 Å². The number of carbonyl (C=O) groups is 1. The lowest BCUT2D eigenvalue weighted by molar-refractivity contribution is 0.102. The standard InChI is InChI=1S/C11H8Cl2N4O/c1-6-4-8(12)16-10(13)9(6)17-11(18)7-5-14-2-3-15-7/h2-5H,1H3,(H,17,18). The van der Waals surface area contributed by atoms with Crippen LogP contribution in [0, 0.1) is 6.92 Å². The minimum absolute atomic E-state index is 0.136. The van der Waals surface area contributed by atoms with Gasteiger partial charge in [0.25, 0.3) is 5.91 Å². The number of carbonyl (C=O) groups excluding carboxylic acids is 1. The van der Waals surface area contributed by atoms with Crippen molar-refractivity contribution >= 4 is 34.8 Å². The summed E-state index contributed by atoms with van der Waals surface area (Å²) in [5.41, 5.74) is 1.33. The van der Waals surface area contributed by atoms with Crippen LogP contribution in [0.15, 0.2) is 24.7 Å². The topological polar surface area (TPSA) is 67.8 Å². The molecular formula is C11H8Cl2N4O. The van der Waals surface area contributed by atoms with Crippen LogP contribution in [-0.2, 0) is 0 Å². The summed E-state index contributed by atoms with van der Waals surface area (Å²) in [7, 11) is 0. The van der Waals surface area contributed by atoms with Crippen LogP contribution in [-0.4, -0.2) is 20.9 Å². The number of hydrogen-bond acceptors (Lipinski definition) is 4. The van der Waals surface area contributed by atoms with Gasteiger partial charge in [0.05, 0.1) is 11.9 Å². The molecule has 0 saturated heterocycles. The third kappa shape index (κ3) is 2.75. The van der Waals surface area contributed by atoms with E-state index in [9.17, 15) is 4.79 Å². The number of rotatable bonds is 2. The van der Waals surface area contributed by atoms with Gasteiger partial charge < -0.3 is 5.32 Å². The Balaban J connectivity index is 2.28. The maximum atomic E-state index is 11.9. The van der Waals surface area contributed by atoms with E-state index in [0.29, 0.717) is 5.69 Å². The zero-order valence-electron chi connectivity index (χ0n) is 9.32. The van der Waals surface area contributed by atoms with E-state index in [4.69, 9.17) is 23.2 Å². The number of amides is 1. The van der Waals surface area contributed by atoms with Crippen LogP contribution in [0.25, 0.3) is 0 Å². The SMILES string of the molecule is Cc1cc(Cl)nc(Cl)c1NC(=O)c1cnccn1. The molecule has 1 N–H and O–H groups in total. The fourth-order valence-corrected chi connectivity index (χ4v) is 1.92. The summed E-state index contributed by atoms with van der Waals surface area (Å²) in [6, 6.07) is 1.61. The lowest BCUT2D eigenvalue weighted by Crippen LogP contribution is -2.15. The van der Waals surface area contributed by atoms with Crippen molar-refractivity contribution in [2.75, 3.05) is 5.32 Å². The van der Waals surface area contributed by atoms with E-state index in [0.717, 1.165) is 5.56 Å². The Morgan fingerprint density at radius 2 is 2.11 bits per heavy atom. The highest BCUT2D eigenvalue weighted by atomic mass is 35.5. The van der Waals surface area contributed by atoms with Crippen LogP contribution < -0.4 is 5.32 Å². The molecule has 0 unspecified atom stereocenters. The van der Waals surface area contributed by atoms with Crippen LogP contribution in [0.1, 0.15) is 16.1 Å². The Bertz CT molecular complexity index is 566. The van der Waals surface area contributed by atoms with Gasteiger partial charge in [0, 0.05) is 12.4 Å².